The number of hydrogen-bond donors (Lipinski definition) is 2. The number of carbonyl (C=O) groups is 2. The van der Waals surface area contributed by atoms with Gasteiger partial charge >= 0.3 is 29.6 Å². The number of nitrogens with one attached hydrogen (secondary N) is 2. The van der Waals surface area contributed by atoms with Crippen LogP contribution in [0.1, 0.15) is 23.7 Å². The molecule has 4 aromatic carbocycles. The number of sulfonamides is 1. The van der Waals surface area contributed by atoms with Crippen LogP contribution in [0.5, 0.6) is 5.75 Å². The third-order valence-corrected chi connectivity index (χ3v) is 8.50. The number of aryl methyl sites for hydroxylation is 1. The summed E-state index contributed by atoms with van der Waals surface area (Å²) in [5, 5.41) is 3.20. The van der Waals surface area contributed by atoms with E-state index in [4.69, 9.17) is 4.74 Å². The standard InChI is InChI=1S/C32H27N3O5S2.Na.H/c1-22-11-17-27(18-12-22)42(38,39)35-30(36)19-23-13-15-26(16-14-23)33-32-34-31(37)29(41-32)20-25-9-5-6-10-28(25)40-21-24-7-3-2-4-8-24;;/h2-18,20H,19,21H2,1H3,(H,35,36)(H,33,34,37);;/q;+1;-1. The van der Waals surface area contributed by atoms with Gasteiger partial charge in [0.05, 0.1) is 21.9 Å². The SMILES string of the molecule is Cc1ccc(S(=O)(=O)NC(=O)Cc2ccc(N=C3NC(=O)C(=Cc4ccccc4OCc4ccccc4)S3)cc2)cc1.[H-].[Na+]. The van der Waals surface area contributed by atoms with Crippen molar-refractivity contribution < 1.29 is 53.7 Å². The number of benzene rings is 4. The molecule has 8 nitrogen and oxygen atoms in total. The van der Waals surface area contributed by atoms with Gasteiger partial charge in [-0.05, 0) is 66.2 Å². The number of hydrogen-bond acceptors (Lipinski definition) is 7. The first-order valence-corrected chi connectivity index (χ1v) is 15.3. The van der Waals surface area contributed by atoms with Gasteiger partial charge in [-0.3, -0.25) is 9.59 Å². The normalized spacial score (nSPS) is 14.7. The van der Waals surface area contributed by atoms with E-state index in [-0.39, 0.29) is 48.2 Å². The average Bonchev–Trinajstić information content (AvgIpc) is 3.32. The first-order chi connectivity index (χ1) is 20.2. The summed E-state index contributed by atoms with van der Waals surface area (Å²) in [6, 6.07) is 30.4. The van der Waals surface area contributed by atoms with E-state index in [0.29, 0.717) is 33.7 Å². The summed E-state index contributed by atoms with van der Waals surface area (Å²) in [4.78, 5) is 30.1. The molecule has 0 aromatic heterocycles. The van der Waals surface area contributed by atoms with E-state index in [2.05, 4.69) is 15.0 Å². The van der Waals surface area contributed by atoms with E-state index in [1.165, 1.54) is 23.9 Å². The van der Waals surface area contributed by atoms with E-state index < -0.39 is 15.9 Å². The number of carbonyl (C=O) groups excluding carboxylic acids is 2. The summed E-state index contributed by atoms with van der Waals surface area (Å²) in [7, 11) is -3.95. The predicted octanol–water partition coefficient (Wildman–Crippen LogP) is 2.63. The van der Waals surface area contributed by atoms with Crippen LogP contribution < -0.4 is 44.3 Å². The van der Waals surface area contributed by atoms with Gasteiger partial charge in [-0.25, -0.2) is 18.1 Å². The van der Waals surface area contributed by atoms with E-state index in [1.54, 1.807) is 42.5 Å². The molecule has 0 unspecified atom stereocenters. The number of para-hydroxylation sites is 1. The summed E-state index contributed by atoms with van der Waals surface area (Å²) < 4.78 is 33.1. The van der Waals surface area contributed by atoms with Gasteiger partial charge in [-0.15, -0.1) is 0 Å². The zero-order chi connectivity index (χ0) is 29.5. The molecule has 1 saturated heterocycles. The van der Waals surface area contributed by atoms with Crippen molar-refractivity contribution in [3.8, 4) is 5.75 Å². The fourth-order valence-corrected chi connectivity index (χ4v) is 5.86. The van der Waals surface area contributed by atoms with Crippen LogP contribution in [-0.4, -0.2) is 25.4 Å². The molecule has 43 heavy (non-hydrogen) atoms. The maximum atomic E-state index is 12.7. The zero-order valence-electron chi connectivity index (χ0n) is 24.6. The van der Waals surface area contributed by atoms with Gasteiger partial charge in [0, 0.05) is 5.56 Å². The summed E-state index contributed by atoms with van der Waals surface area (Å²) in [6.45, 7) is 2.26. The molecular weight excluding hydrogens is 593 g/mol. The maximum absolute atomic E-state index is 12.7. The maximum Gasteiger partial charge on any atom is 1.00 e. The molecule has 1 heterocycles. The quantitative estimate of drug-likeness (QED) is 0.220. The smallest absolute Gasteiger partial charge is 1.00 e. The number of nitrogens with zero attached hydrogens (tertiary/aromatic N) is 1. The number of amidine groups is 1. The number of rotatable bonds is 9. The van der Waals surface area contributed by atoms with Gasteiger partial charge in [0.25, 0.3) is 15.9 Å². The van der Waals surface area contributed by atoms with Crippen molar-refractivity contribution in [2.75, 3.05) is 0 Å². The van der Waals surface area contributed by atoms with Crippen molar-refractivity contribution in [2.24, 2.45) is 4.99 Å². The molecule has 0 aliphatic carbocycles. The Morgan fingerprint density at radius 2 is 1.60 bits per heavy atom. The average molecular weight is 622 g/mol. The fraction of sp³-hybridized carbons (Fsp3) is 0.0938. The third-order valence-electron chi connectivity index (χ3n) is 6.20. The van der Waals surface area contributed by atoms with Crippen molar-refractivity contribution in [3.05, 3.63) is 130 Å². The third kappa shape index (κ3) is 8.92. The first kappa shape index (κ1) is 32.2. The van der Waals surface area contributed by atoms with Crippen molar-refractivity contribution in [1.82, 2.24) is 10.0 Å². The minimum atomic E-state index is -3.95. The van der Waals surface area contributed by atoms with Crippen LogP contribution in [0.25, 0.3) is 6.08 Å². The molecule has 0 saturated carbocycles. The van der Waals surface area contributed by atoms with Crippen molar-refractivity contribution in [2.45, 2.75) is 24.8 Å². The Balaban J connectivity index is 0.00000264. The summed E-state index contributed by atoms with van der Waals surface area (Å²) in [5.74, 6) is -0.241. The number of ether oxygens (including phenoxy) is 1. The molecule has 0 atom stereocenters. The first-order valence-electron chi connectivity index (χ1n) is 13.0. The van der Waals surface area contributed by atoms with Gasteiger partial charge in [-0.1, -0.05) is 78.4 Å². The Labute approximate surface area is 278 Å². The van der Waals surface area contributed by atoms with Gasteiger partial charge in [0.1, 0.15) is 12.4 Å². The number of thioether (sulfide) groups is 1. The van der Waals surface area contributed by atoms with Crippen LogP contribution in [0.3, 0.4) is 0 Å². The monoisotopic (exact) mass is 621 g/mol. The van der Waals surface area contributed by atoms with Crippen LogP contribution in [0.4, 0.5) is 5.69 Å². The summed E-state index contributed by atoms with van der Waals surface area (Å²) in [6.07, 6.45) is 1.65. The molecule has 1 aliphatic rings. The summed E-state index contributed by atoms with van der Waals surface area (Å²) >= 11 is 1.22. The molecule has 0 bridgehead atoms. The van der Waals surface area contributed by atoms with Crippen LogP contribution in [0, 0.1) is 6.92 Å². The topological polar surface area (TPSA) is 114 Å². The van der Waals surface area contributed by atoms with Crippen molar-refractivity contribution in [1.29, 1.82) is 0 Å². The van der Waals surface area contributed by atoms with Gasteiger partial charge in [-0.2, -0.15) is 0 Å². The minimum absolute atomic E-state index is 0. The largest absolute Gasteiger partial charge is 1.00 e. The number of aliphatic imine (C=N–C) groups is 1. The Bertz CT molecular complexity index is 1780. The molecule has 5 rings (SSSR count). The van der Waals surface area contributed by atoms with E-state index in [1.807, 2.05) is 61.5 Å². The van der Waals surface area contributed by atoms with Gasteiger partial charge < -0.3 is 11.5 Å². The van der Waals surface area contributed by atoms with E-state index in [0.717, 1.165) is 16.7 Å². The second kappa shape index (κ2) is 14.7. The van der Waals surface area contributed by atoms with Gasteiger partial charge in [0.15, 0.2) is 5.17 Å². The second-order valence-electron chi connectivity index (χ2n) is 9.48. The minimum Gasteiger partial charge on any atom is -1.00 e. The molecular formula is C32H28N3NaO5S2. The van der Waals surface area contributed by atoms with Crippen molar-refractivity contribution >= 4 is 50.5 Å². The molecule has 0 radical (unpaired) electrons. The van der Waals surface area contributed by atoms with E-state index >= 15 is 0 Å². The van der Waals surface area contributed by atoms with Crippen LogP contribution in [-0.2, 0) is 32.6 Å². The molecule has 11 heteroatoms. The molecule has 4 aromatic rings. The van der Waals surface area contributed by atoms with E-state index in [9.17, 15) is 18.0 Å². The zero-order valence-corrected chi connectivity index (χ0v) is 27.2. The fourth-order valence-electron chi connectivity index (χ4n) is 4.04. The Morgan fingerprint density at radius 1 is 0.930 bits per heavy atom. The van der Waals surface area contributed by atoms with Crippen LogP contribution in [0.15, 0.2) is 118 Å². The molecule has 0 spiro atoms. The van der Waals surface area contributed by atoms with Crippen LogP contribution >= 0.6 is 11.8 Å². The second-order valence-corrected chi connectivity index (χ2v) is 12.2. The number of amides is 2. The molecule has 1 fully saturated rings. The Morgan fingerprint density at radius 3 is 2.33 bits per heavy atom. The van der Waals surface area contributed by atoms with Crippen molar-refractivity contribution in [3.63, 3.8) is 0 Å². The summed E-state index contributed by atoms with van der Waals surface area (Å²) in [5.41, 5.74) is 3.93. The van der Waals surface area contributed by atoms with Gasteiger partial charge in [0.2, 0.25) is 5.91 Å². The Hall–Kier alpha value is -3.67. The predicted molar refractivity (Wildman–Crippen MR) is 166 cm³/mol. The molecule has 214 valence electrons. The molecule has 1 aliphatic heterocycles. The van der Waals surface area contributed by atoms with Crippen LogP contribution in [0.2, 0.25) is 0 Å². The Kier molecular flexibility index (Phi) is 11.0. The molecule has 2 amide bonds. The molecule has 2 N–H and O–H groups in total.